The average molecular weight is 333 g/mol. The van der Waals surface area contributed by atoms with Crippen molar-refractivity contribution in [2.45, 2.75) is 37.5 Å². The SMILES string of the molecule is Cn1ccnc1C(O)(CCNC(N)=NCC1CCC1)C(F)(F)F. The van der Waals surface area contributed by atoms with Gasteiger partial charge in [0.2, 0.25) is 5.60 Å². The maximum Gasteiger partial charge on any atom is 0.424 e. The summed E-state index contributed by atoms with van der Waals surface area (Å²) in [6, 6.07) is 0. The predicted octanol–water partition coefficient (Wildman–Crippen LogP) is 1.26. The monoisotopic (exact) mass is 333 g/mol. The lowest BCUT2D eigenvalue weighted by atomic mass is 9.86. The van der Waals surface area contributed by atoms with Crippen LogP contribution < -0.4 is 11.1 Å². The highest BCUT2D eigenvalue weighted by atomic mass is 19.4. The molecule has 1 heterocycles. The molecule has 0 amide bonds. The van der Waals surface area contributed by atoms with Crippen molar-refractivity contribution in [2.24, 2.45) is 23.7 Å². The van der Waals surface area contributed by atoms with Crippen LogP contribution in [0.4, 0.5) is 13.2 Å². The molecule has 130 valence electrons. The molecule has 1 aromatic rings. The van der Waals surface area contributed by atoms with Gasteiger partial charge in [-0.05, 0) is 18.8 Å². The first-order valence-corrected chi connectivity index (χ1v) is 7.55. The number of rotatable bonds is 6. The average Bonchev–Trinajstić information content (AvgIpc) is 2.82. The molecule has 1 saturated carbocycles. The van der Waals surface area contributed by atoms with Gasteiger partial charge in [-0.3, -0.25) is 4.99 Å². The van der Waals surface area contributed by atoms with E-state index in [0.717, 1.165) is 17.4 Å². The molecule has 1 aliphatic rings. The van der Waals surface area contributed by atoms with Crippen molar-refractivity contribution >= 4 is 5.96 Å². The summed E-state index contributed by atoms with van der Waals surface area (Å²) in [5.74, 6) is 0.174. The molecular formula is C14H22F3N5O. The van der Waals surface area contributed by atoms with Crippen LogP contribution in [0.2, 0.25) is 0 Å². The van der Waals surface area contributed by atoms with E-state index in [9.17, 15) is 18.3 Å². The van der Waals surface area contributed by atoms with Gasteiger partial charge >= 0.3 is 6.18 Å². The normalized spacial score (nSPS) is 19.3. The molecule has 1 aliphatic carbocycles. The molecule has 1 aromatic heterocycles. The van der Waals surface area contributed by atoms with E-state index in [4.69, 9.17) is 5.73 Å². The van der Waals surface area contributed by atoms with Crippen molar-refractivity contribution in [2.75, 3.05) is 13.1 Å². The summed E-state index contributed by atoms with van der Waals surface area (Å²) >= 11 is 0. The van der Waals surface area contributed by atoms with Crippen molar-refractivity contribution in [3.63, 3.8) is 0 Å². The molecule has 0 saturated heterocycles. The standard InChI is InChI=1S/C14H22F3N5O/c1-22-8-7-19-11(22)13(23,14(15,16)17)5-6-20-12(18)21-9-10-3-2-4-10/h7-8,10,23H,2-6,9H2,1H3,(H3,18,20,21). The van der Waals surface area contributed by atoms with Gasteiger partial charge < -0.3 is 20.7 Å². The van der Waals surface area contributed by atoms with Crippen molar-refractivity contribution in [3.05, 3.63) is 18.2 Å². The molecule has 1 unspecified atom stereocenters. The van der Waals surface area contributed by atoms with Gasteiger partial charge in [0.05, 0.1) is 0 Å². The number of hydrogen-bond donors (Lipinski definition) is 3. The molecule has 0 aromatic carbocycles. The molecular weight excluding hydrogens is 311 g/mol. The maximum absolute atomic E-state index is 13.3. The van der Waals surface area contributed by atoms with E-state index in [1.807, 2.05) is 0 Å². The number of halogens is 3. The Labute approximate surface area is 132 Å². The Balaban J connectivity index is 1.95. The predicted molar refractivity (Wildman–Crippen MR) is 79.6 cm³/mol. The van der Waals surface area contributed by atoms with Crippen molar-refractivity contribution in [3.8, 4) is 0 Å². The van der Waals surface area contributed by atoms with Crippen molar-refractivity contribution in [1.29, 1.82) is 0 Å². The van der Waals surface area contributed by atoms with Crippen molar-refractivity contribution < 1.29 is 18.3 Å². The summed E-state index contributed by atoms with van der Waals surface area (Å²) < 4.78 is 41.0. The number of nitrogens with two attached hydrogens (primary N) is 1. The summed E-state index contributed by atoms with van der Waals surface area (Å²) in [5.41, 5.74) is 2.61. The van der Waals surface area contributed by atoms with Gasteiger partial charge in [-0.25, -0.2) is 4.98 Å². The van der Waals surface area contributed by atoms with Crippen LogP contribution in [0.15, 0.2) is 17.4 Å². The van der Waals surface area contributed by atoms with Gasteiger partial charge in [0.15, 0.2) is 5.96 Å². The largest absolute Gasteiger partial charge is 0.424 e. The van der Waals surface area contributed by atoms with Crippen LogP contribution in [-0.2, 0) is 12.6 Å². The minimum Gasteiger partial charge on any atom is -0.374 e. The van der Waals surface area contributed by atoms with E-state index >= 15 is 0 Å². The molecule has 0 aliphatic heterocycles. The fourth-order valence-electron chi connectivity index (χ4n) is 2.47. The smallest absolute Gasteiger partial charge is 0.374 e. The molecule has 0 radical (unpaired) electrons. The third-order valence-electron chi connectivity index (χ3n) is 4.20. The van der Waals surface area contributed by atoms with Gasteiger partial charge in [-0.1, -0.05) is 6.42 Å². The van der Waals surface area contributed by atoms with Crippen LogP contribution >= 0.6 is 0 Å². The lowest BCUT2D eigenvalue weighted by Crippen LogP contribution is -2.47. The van der Waals surface area contributed by atoms with Crippen LogP contribution in [0, 0.1) is 5.92 Å². The fraction of sp³-hybridized carbons (Fsp3) is 0.714. The van der Waals surface area contributed by atoms with E-state index in [0.29, 0.717) is 12.5 Å². The zero-order valence-electron chi connectivity index (χ0n) is 13.0. The number of guanidine groups is 1. The van der Waals surface area contributed by atoms with Gasteiger partial charge in [0.1, 0.15) is 5.82 Å². The Hall–Kier alpha value is -1.77. The lowest BCUT2D eigenvalue weighted by molar-refractivity contribution is -0.272. The van der Waals surface area contributed by atoms with Crippen LogP contribution in [0.1, 0.15) is 31.5 Å². The molecule has 1 atom stereocenters. The number of nitrogens with zero attached hydrogens (tertiary/aromatic N) is 3. The Morgan fingerprint density at radius 1 is 1.52 bits per heavy atom. The van der Waals surface area contributed by atoms with E-state index in [2.05, 4.69) is 15.3 Å². The first-order valence-electron chi connectivity index (χ1n) is 7.55. The van der Waals surface area contributed by atoms with Gasteiger partial charge in [-0.2, -0.15) is 13.2 Å². The number of imidazole rings is 1. The molecule has 4 N–H and O–H groups in total. The van der Waals surface area contributed by atoms with Crippen LogP contribution in [-0.4, -0.2) is 39.9 Å². The van der Waals surface area contributed by atoms with E-state index in [1.54, 1.807) is 0 Å². The van der Waals surface area contributed by atoms with Crippen LogP contribution in [0.5, 0.6) is 0 Å². The number of aliphatic hydroxyl groups is 1. The van der Waals surface area contributed by atoms with E-state index in [-0.39, 0.29) is 12.5 Å². The van der Waals surface area contributed by atoms with Gasteiger partial charge in [0, 0.05) is 39.0 Å². The third-order valence-corrected chi connectivity index (χ3v) is 4.20. The Bertz CT molecular complexity index is 553. The first-order chi connectivity index (χ1) is 10.7. The number of alkyl halides is 3. The van der Waals surface area contributed by atoms with Gasteiger partial charge in [-0.15, -0.1) is 0 Å². The quantitative estimate of drug-likeness (QED) is 0.540. The minimum atomic E-state index is -4.84. The maximum atomic E-state index is 13.3. The molecule has 2 rings (SSSR count). The fourth-order valence-corrected chi connectivity index (χ4v) is 2.47. The van der Waals surface area contributed by atoms with E-state index < -0.39 is 24.0 Å². The number of hydrogen-bond acceptors (Lipinski definition) is 3. The Kier molecular flexibility index (Phi) is 5.18. The molecule has 6 nitrogen and oxygen atoms in total. The lowest BCUT2D eigenvalue weighted by Gasteiger charge is -2.30. The summed E-state index contributed by atoms with van der Waals surface area (Å²) in [5, 5.41) is 12.8. The first kappa shape index (κ1) is 17.6. The zero-order chi connectivity index (χ0) is 17.1. The second-order valence-corrected chi connectivity index (χ2v) is 5.92. The topological polar surface area (TPSA) is 88.5 Å². The molecule has 0 spiro atoms. The highest BCUT2D eigenvalue weighted by Gasteiger charge is 2.57. The van der Waals surface area contributed by atoms with E-state index in [1.165, 1.54) is 25.9 Å². The molecule has 0 bridgehead atoms. The molecule has 9 heteroatoms. The Morgan fingerprint density at radius 3 is 2.70 bits per heavy atom. The Morgan fingerprint density at radius 2 is 2.22 bits per heavy atom. The highest BCUT2D eigenvalue weighted by molar-refractivity contribution is 5.77. The number of aromatic nitrogens is 2. The summed E-state index contributed by atoms with van der Waals surface area (Å²) in [6.07, 6.45) is 0.539. The molecule has 1 fully saturated rings. The van der Waals surface area contributed by atoms with Crippen LogP contribution in [0.25, 0.3) is 0 Å². The number of aliphatic imine (C=N–C) groups is 1. The van der Waals surface area contributed by atoms with Crippen molar-refractivity contribution in [1.82, 2.24) is 14.9 Å². The van der Waals surface area contributed by atoms with Gasteiger partial charge in [0.25, 0.3) is 0 Å². The summed E-state index contributed by atoms with van der Waals surface area (Å²) in [4.78, 5) is 7.74. The highest BCUT2D eigenvalue weighted by Crippen LogP contribution is 2.40. The number of nitrogens with one attached hydrogen (secondary N) is 1. The minimum absolute atomic E-state index is 0.0984. The zero-order valence-corrected chi connectivity index (χ0v) is 13.0. The summed E-state index contributed by atoms with van der Waals surface area (Å²) in [6.45, 7) is 0.421. The second-order valence-electron chi connectivity index (χ2n) is 5.92. The van der Waals surface area contributed by atoms with Crippen LogP contribution in [0.3, 0.4) is 0 Å². The third kappa shape index (κ3) is 3.95. The number of aryl methyl sites for hydroxylation is 1. The summed E-state index contributed by atoms with van der Waals surface area (Å²) in [7, 11) is 1.40. The molecule has 23 heavy (non-hydrogen) atoms. The second kappa shape index (κ2) is 6.77.